The van der Waals surface area contributed by atoms with Gasteiger partial charge in [0.15, 0.2) is 0 Å². The highest BCUT2D eigenvalue weighted by Crippen LogP contribution is 2.19. The number of benzene rings is 1. The Labute approximate surface area is 115 Å². The van der Waals surface area contributed by atoms with Gasteiger partial charge in [0, 0.05) is 38.6 Å². The van der Waals surface area contributed by atoms with Crippen molar-refractivity contribution in [2.75, 3.05) is 36.8 Å². The van der Waals surface area contributed by atoms with Crippen LogP contribution in [0.3, 0.4) is 0 Å². The molecule has 19 heavy (non-hydrogen) atoms. The van der Waals surface area contributed by atoms with E-state index >= 15 is 0 Å². The number of hydrogen-bond acceptors (Lipinski definition) is 3. The summed E-state index contributed by atoms with van der Waals surface area (Å²) in [5, 5.41) is 0. The molecule has 2 rings (SSSR count). The van der Waals surface area contributed by atoms with Gasteiger partial charge in [-0.1, -0.05) is 6.42 Å². The Morgan fingerprint density at radius 2 is 1.63 bits per heavy atom. The molecular weight excluding hydrogens is 262 g/mol. The van der Waals surface area contributed by atoms with Crippen molar-refractivity contribution < 1.29 is 8.42 Å². The van der Waals surface area contributed by atoms with E-state index in [4.69, 9.17) is 0 Å². The zero-order chi connectivity index (χ0) is 13.9. The fraction of sp³-hybridized carbons (Fsp3) is 0.538. The van der Waals surface area contributed by atoms with E-state index in [0.717, 1.165) is 24.9 Å². The van der Waals surface area contributed by atoms with Gasteiger partial charge in [-0.05, 0) is 37.1 Å². The molecule has 0 aromatic heterocycles. The van der Waals surface area contributed by atoms with E-state index in [2.05, 4.69) is 4.72 Å². The minimum Gasteiger partial charge on any atom is -0.378 e. The summed E-state index contributed by atoms with van der Waals surface area (Å²) in [4.78, 5) is 1.98. The molecule has 1 aliphatic rings. The van der Waals surface area contributed by atoms with Gasteiger partial charge in [-0.15, -0.1) is 0 Å². The number of hydrogen-bond donors (Lipinski definition) is 1. The molecule has 1 N–H and O–H groups in total. The molecule has 1 aliphatic heterocycles. The highest BCUT2D eigenvalue weighted by Gasteiger charge is 2.23. The zero-order valence-corrected chi connectivity index (χ0v) is 12.3. The third-order valence-corrected chi connectivity index (χ3v) is 4.82. The second-order valence-electron chi connectivity index (χ2n) is 5.01. The topological polar surface area (TPSA) is 52.7 Å². The van der Waals surface area contributed by atoms with Gasteiger partial charge < -0.3 is 4.90 Å². The highest BCUT2D eigenvalue weighted by atomic mass is 32.2. The van der Waals surface area contributed by atoms with E-state index in [1.54, 1.807) is 12.1 Å². The lowest BCUT2D eigenvalue weighted by Gasteiger charge is -2.26. The standard InChI is InChI=1S/C13H21N3O2S/c1-15(2)13-8-6-12(7-9-13)14-19(17,18)16-10-4-3-5-11-16/h6-9,14H,3-5,10-11H2,1-2H3. The van der Waals surface area contributed by atoms with Crippen LogP contribution in [0.1, 0.15) is 19.3 Å². The van der Waals surface area contributed by atoms with E-state index < -0.39 is 10.2 Å². The second-order valence-corrected chi connectivity index (χ2v) is 6.68. The lowest BCUT2D eigenvalue weighted by molar-refractivity contribution is 0.349. The minimum atomic E-state index is -3.40. The summed E-state index contributed by atoms with van der Waals surface area (Å²) in [6.45, 7) is 1.23. The molecule has 0 saturated carbocycles. The maximum atomic E-state index is 12.2. The van der Waals surface area contributed by atoms with Gasteiger partial charge >= 0.3 is 10.2 Å². The normalized spacial score (nSPS) is 17.2. The number of anilines is 2. The van der Waals surface area contributed by atoms with Crippen molar-refractivity contribution in [2.24, 2.45) is 0 Å². The summed E-state index contributed by atoms with van der Waals surface area (Å²) in [6.07, 6.45) is 3.00. The third kappa shape index (κ3) is 3.61. The predicted octanol–water partition coefficient (Wildman–Crippen LogP) is 1.90. The molecule has 0 aliphatic carbocycles. The molecule has 1 fully saturated rings. The van der Waals surface area contributed by atoms with Crippen LogP contribution in [0, 0.1) is 0 Å². The molecule has 1 aromatic rings. The van der Waals surface area contributed by atoms with E-state index in [9.17, 15) is 8.42 Å². The summed E-state index contributed by atoms with van der Waals surface area (Å²) in [6, 6.07) is 7.37. The molecule has 1 aromatic carbocycles. The molecule has 0 atom stereocenters. The Morgan fingerprint density at radius 3 is 2.16 bits per heavy atom. The predicted molar refractivity (Wildman–Crippen MR) is 78.7 cm³/mol. The first-order chi connectivity index (χ1) is 8.99. The quantitative estimate of drug-likeness (QED) is 0.918. The van der Waals surface area contributed by atoms with Crippen LogP contribution >= 0.6 is 0 Å². The van der Waals surface area contributed by atoms with Crippen molar-refractivity contribution in [1.82, 2.24) is 4.31 Å². The average Bonchev–Trinajstić information content (AvgIpc) is 2.40. The lowest BCUT2D eigenvalue weighted by atomic mass is 10.2. The SMILES string of the molecule is CN(C)c1ccc(NS(=O)(=O)N2CCCCC2)cc1. The van der Waals surface area contributed by atoms with Gasteiger partial charge in [-0.3, -0.25) is 4.72 Å². The lowest BCUT2D eigenvalue weighted by Crippen LogP contribution is -2.39. The van der Waals surface area contributed by atoms with Crippen molar-refractivity contribution in [1.29, 1.82) is 0 Å². The van der Waals surface area contributed by atoms with E-state index in [1.165, 1.54) is 4.31 Å². The number of nitrogens with zero attached hydrogens (tertiary/aromatic N) is 2. The molecular formula is C13H21N3O2S. The van der Waals surface area contributed by atoms with Gasteiger partial charge in [0.2, 0.25) is 0 Å². The Balaban J connectivity index is 2.06. The van der Waals surface area contributed by atoms with Gasteiger partial charge in [0.1, 0.15) is 0 Å². The molecule has 0 unspecified atom stereocenters. The molecule has 0 amide bonds. The Kier molecular flexibility index (Phi) is 4.31. The number of piperidine rings is 1. The Bertz CT molecular complexity index is 505. The number of rotatable bonds is 4. The van der Waals surface area contributed by atoms with Crippen molar-refractivity contribution >= 4 is 21.6 Å². The first-order valence-corrected chi connectivity index (χ1v) is 7.98. The molecule has 106 valence electrons. The first kappa shape index (κ1) is 14.1. The largest absolute Gasteiger partial charge is 0.378 e. The van der Waals surface area contributed by atoms with E-state index in [0.29, 0.717) is 18.8 Å². The Hall–Kier alpha value is -1.27. The highest BCUT2D eigenvalue weighted by molar-refractivity contribution is 7.90. The van der Waals surface area contributed by atoms with Crippen molar-refractivity contribution in [3.05, 3.63) is 24.3 Å². The van der Waals surface area contributed by atoms with Crippen LogP contribution in [-0.2, 0) is 10.2 Å². The van der Waals surface area contributed by atoms with Crippen molar-refractivity contribution in [2.45, 2.75) is 19.3 Å². The fourth-order valence-corrected chi connectivity index (χ4v) is 3.45. The maximum Gasteiger partial charge on any atom is 0.301 e. The summed E-state index contributed by atoms with van der Waals surface area (Å²) >= 11 is 0. The molecule has 6 heteroatoms. The van der Waals surface area contributed by atoms with Crippen LogP contribution in [0.15, 0.2) is 24.3 Å². The van der Waals surface area contributed by atoms with E-state index in [1.807, 2.05) is 31.1 Å². The molecule has 1 heterocycles. The van der Waals surface area contributed by atoms with Crippen LogP contribution in [0.4, 0.5) is 11.4 Å². The van der Waals surface area contributed by atoms with Crippen molar-refractivity contribution in [3.63, 3.8) is 0 Å². The summed E-state index contributed by atoms with van der Waals surface area (Å²) in [5.41, 5.74) is 1.65. The zero-order valence-electron chi connectivity index (χ0n) is 11.5. The number of nitrogens with one attached hydrogen (secondary N) is 1. The molecule has 5 nitrogen and oxygen atoms in total. The smallest absolute Gasteiger partial charge is 0.301 e. The molecule has 0 radical (unpaired) electrons. The van der Waals surface area contributed by atoms with Crippen LogP contribution in [-0.4, -0.2) is 39.9 Å². The molecule has 1 saturated heterocycles. The molecule has 0 bridgehead atoms. The van der Waals surface area contributed by atoms with Crippen LogP contribution < -0.4 is 9.62 Å². The Morgan fingerprint density at radius 1 is 1.05 bits per heavy atom. The van der Waals surface area contributed by atoms with Crippen LogP contribution in [0.2, 0.25) is 0 Å². The summed E-state index contributed by atoms with van der Waals surface area (Å²) < 4.78 is 28.5. The van der Waals surface area contributed by atoms with E-state index in [-0.39, 0.29) is 0 Å². The minimum absolute atomic E-state index is 0.608. The van der Waals surface area contributed by atoms with Gasteiger partial charge in [-0.2, -0.15) is 12.7 Å². The third-order valence-electron chi connectivity index (χ3n) is 3.29. The second kappa shape index (κ2) is 5.79. The van der Waals surface area contributed by atoms with Gasteiger partial charge in [-0.25, -0.2) is 0 Å². The molecule has 0 spiro atoms. The average molecular weight is 283 g/mol. The van der Waals surface area contributed by atoms with Crippen LogP contribution in [0.5, 0.6) is 0 Å². The summed E-state index contributed by atoms with van der Waals surface area (Å²) in [5.74, 6) is 0. The summed E-state index contributed by atoms with van der Waals surface area (Å²) in [7, 11) is 0.503. The maximum absolute atomic E-state index is 12.2. The van der Waals surface area contributed by atoms with Gasteiger partial charge in [0.05, 0.1) is 0 Å². The fourth-order valence-electron chi connectivity index (χ4n) is 2.15. The van der Waals surface area contributed by atoms with Crippen molar-refractivity contribution in [3.8, 4) is 0 Å². The first-order valence-electron chi connectivity index (χ1n) is 6.54. The van der Waals surface area contributed by atoms with Gasteiger partial charge in [0.25, 0.3) is 0 Å². The van der Waals surface area contributed by atoms with Crippen LogP contribution in [0.25, 0.3) is 0 Å². The monoisotopic (exact) mass is 283 g/mol.